The fraction of sp³-hybridized carbons (Fsp3) is 0.364. The first-order valence-electron chi connectivity index (χ1n) is 4.91. The summed E-state index contributed by atoms with van der Waals surface area (Å²) < 4.78 is 56.7. The monoisotopic (exact) mass is 344 g/mol. The van der Waals surface area contributed by atoms with Crippen molar-refractivity contribution in [1.82, 2.24) is 0 Å². The Labute approximate surface area is 114 Å². The normalized spacial score (nSPS) is 15.1. The summed E-state index contributed by atoms with van der Waals surface area (Å²) in [4.78, 5) is 11.1. The van der Waals surface area contributed by atoms with E-state index in [1.807, 2.05) is 0 Å². The Kier molecular flexibility index (Phi) is 4.57. The second-order valence-electron chi connectivity index (χ2n) is 3.77. The molecule has 1 N–H and O–H groups in total. The van der Waals surface area contributed by atoms with Crippen molar-refractivity contribution < 1.29 is 32.2 Å². The van der Waals surface area contributed by atoms with Crippen LogP contribution in [0.15, 0.2) is 22.7 Å². The molecule has 0 spiro atoms. The van der Waals surface area contributed by atoms with Gasteiger partial charge in [0.25, 0.3) is 0 Å². The van der Waals surface area contributed by atoms with Gasteiger partial charge in [-0.05, 0) is 33.6 Å². The van der Waals surface area contributed by atoms with Crippen molar-refractivity contribution in [2.75, 3.05) is 13.7 Å². The smallest absolute Gasteiger partial charge is 0.411 e. The maximum Gasteiger partial charge on any atom is 0.411 e. The van der Waals surface area contributed by atoms with E-state index in [2.05, 4.69) is 20.7 Å². The van der Waals surface area contributed by atoms with E-state index in [1.165, 1.54) is 0 Å². The summed E-state index contributed by atoms with van der Waals surface area (Å²) in [7, 11) is 0.960. The van der Waals surface area contributed by atoms with Crippen LogP contribution in [0.5, 0.6) is 0 Å². The third-order valence-corrected chi connectivity index (χ3v) is 3.23. The maximum absolute atomic E-state index is 13.2. The lowest BCUT2D eigenvalue weighted by atomic mass is 9.80. The van der Waals surface area contributed by atoms with Crippen molar-refractivity contribution in [1.29, 1.82) is 0 Å². The fourth-order valence-corrected chi connectivity index (χ4v) is 1.99. The van der Waals surface area contributed by atoms with E-state index in [0.717, 1.165) is 25.3 Å². The molecular weight excluding hydrogens is 336 g/mol. The summed E-state index contributed by atoms with van der Waals surface area (Å²) in [5.74, 6) is -2.90. The topological polar surface area (TPSA) is 46.5 Å². The minimum atomic E-state index is -5.09. The molecule has 0 saturated heterocycles. The highest BCUT2D eigenvalue weighted by Crippen LogP contribution is 2.42. The zero-order valence-electron chi connectivity index (χ0n) is 9.59. The fourth-order valence-electron chi connectivity index (χ4n) is 1.61. The number of carbonyl (C=O) groups is 1. The molecular formula is C11H9BrF4O3. The number of alkyl halides is 3. The largest absolute Gasteiger partial charge is 0.480 e. The minimum absolute atomic E-state index is 0.254. The van der Waals surface area contributed by atoms with Gasteiger partial charge < -0.3 is 9.84 Å². The van der Waals surface area contributed by atoms with E-state index in [9.17, 15) is 22.4 Å². The highest BCUT2D eigenvalue weighted by atomic mass is 79.9. The molecule has 106 valence electrons. The van der Waals surface area contributed by atoms with Crippen molar-refractivity contribution in [2.24, 2.45) is 0 Å². The van der Waals surface area contributed by atoms with E-state index < -0.39 is 35.5 Å². The first-order chi connectivity index (χ1) is 8.66. The van der Waals surface area contributed by atoms with Gasteiger partial charge in [-0.15, -0.1) is 0 Å². The molecule has 0 radical (unpaired) electrons. The molecule has 1 aromatic carbocycles. The average molecular weight is 345 g/mol. The van der Waals surface area contributed by atoms with Crippen LogP contribution in [0.2, 0.25) is 0 Å². The number of methoxy groups -OCH3 is 1. The quantitative estimate of drug-likeness (QED) is 0.853. The molecule has 0 saturated carbocycles. The first kappa shape index (κ1) is 15.9. The van der Waals surface area contributed by atoms with Crippen LogP contribution in [0.4, 0.5) is 17.6 Å². The van der Waals surface area contributed by atoms with Gasteiger partial charge in [0.15, 0.2) is 0 Å². The number of rotatable bonds is 4. The van der Waals surface area contributed by atoms with Crippen LogP contribution < -0.4 is 0 Å². The van der Waals surface area contributed by atoms with E-state index in [1.54, 1.807) is 0 Å². The molecule has 3 nitrogen and oxygen atoms in total. The molecule has 0 aliphatic rings. The highest BCUT2D eigenvalue weighted by molar-refractivity contribution is 9.10. The number of ether oxygens (including phenoxy) is 1. The van der Waals surface area contributed by atoms with E-state index in [4.69, 9.17) is 5.11 Å². The number of carboxylic acid groups (broad SMARTS) is 1. The van der Waals surface area contributed by atoms with Gasteiger partial charge in [0.05, 0.1) is 11.1 Å². The Morgan fingerprint density at radius 2 is 2.00 bits per heavy atom. The van der Waals surface area contributed by atoms with Gasteiger partial charge in [-0.1, -0.05) is 6.07 Å². The number of hydrogen-bond donors (Lipinski definition) is 1. The Morgan fingerprint density at radius 3 is 2.37 bits per heavy atom. The lowest BCUT2D eigenvalue weighted by molar-refractivity contribution is -0.214. The van der Waals surface area contributed by atoms with Gasteiger partial charge in [0, 0.05) is 7.11 Å². The van der Waals surface area contributed by atoms with Crippen LogP contribution in [-0.4, -0.2) is 31.0 Å². The number of hydrogen-bond acceptors (Lipinski definition) is 2. The van der Waals surface area contributed by atoms with Crippen LogP contribution in [-0.2, 0) is 14.9 Å². The van der Waals surface area contributed by atoms with Crippen LogP contribution in [0.3, 0.4) is 0 Å². The summed E-state index contributed by atoms with van der Waals surface area (Å²) >= 11 is 2.73. The number of benzene rings is 1. The summed E-state index contributed by atoms with van der Waals surface area (Å²) in [6, 6.07) is 2.33. The van der Waals surface area contributed by atoms with Gasteiger partial charge in [-0.2, -0.15) is 13.2 Å². The summed E-state index contributed by atoms with van der Waals surface area (Å²) in [5.41, 5.74) is -3.85. The number of halogens is 5. The molecule has 0 aliphatic carbocycles. The summed E-state index contributed by atoms with van der Waals surface area (Å²) in [6.07, 6.45) is -5.09. The van der Waals surface area contributed by atoms with Gasteiger partial charge in [0.1, 0.15) is 5.82 Å². The van der Waals surface area contributed by atoms with Crippen LogP contribution in [0.25, 0.3) is 0 Å². The van der Waals surface area contributed by atoms with Crippen molar-refractivity contribution in [3.05, 3.63) is 34.1 Å². The third-order valence-electron chi connectivity index (χ3n) is 2.62. The van der Waals surface area contributed by atoms with Crippen LogP contribution in [0, 0.1) is 5.82 Å². The average Bonchev–Trinajstić information content (AvgIpc) is 2.27. The van der Waals surface area contributed by atoms with Crippen LogP contribution in [0.1, 0.15) is 5.56 Å². The molecule has 0 bridgehead atoms. The van der Waals surface area contributed by atoms with Crippen molar-refractivity contribution >= 4 is 21.9 Å². The Morgan fingerprint density at radius 1 is 1.42 bits per heavy atom. The predicted octanol–water partition coefficient (Wildman–Crippen LogP) is 3.12. The molecule has 0 fully saturated rings. The zero-order valence-corrected chi connectivity index (χ0v) is 11.2. The van der Waals surface area contributed by atoms with Gasteiger partial charge in [-0.3, -0.25) is 4.79 Å². The first-order valence-corrected chi connectivity index (χ1v) is 5.70. The molecule has 0 amide bonds. The summed E-state index contributed by atoms with van der Waals surface area (Å²) in [6.45, 7) is -1.11. The lowest BCUT2D eigenvalue weighted by Gasteiger charge is -2.31. The number of aliphatic carboxylic acids is 1. The molecule has 0 unspecified atom stereocenters. The Balaban J connectivity index is 3.54. The second-order valence-corrected chi connectivity index (χ2v) is 4.62. The van der Waals surface area contributed by atoms with Crippen molar-refractivity contribution in [3.63, 3.8) is 0 Å². The third kappa shape index (κ3) is 2.74. The van der Waals surface area contributed by atoms with Gasteiger partial charge >= 0.3 is 12.1 Å². The molecule has 8 heteroatoms. The minimum Gasteiger partial charge on any atom is -0.480 e. The predicted molar refractivity (Wildman–Crippen MR) is 61.3 cm³/mol. The van der Waals surface area contributed by atoms with E-state index in [0.29, 0.717) is 0 Å². The number of carboxylic acids is 1. The molecule has 1 aromatic rings. The molecule has 0 heterocycles. The van der Waals surface area contributed by atoms with E-state index in [-0.39, 0.29) is 4.47 Å². The zero-order chi connectivity index (χ0) is 14.8. The highest BCUT2D eigenvalue weighted by Gasteiger charge is 2.62. The molecule has 0 aliphatic heterocycles. The van der Waals surface area contributed by atoms with Crippen LogP contribution >= 0.6 is 15.9 Å². The molecule has 0 aromatic heterocycles. The molecule has 1 rings (SSSR count). The van der Waals surface area contributed by atoms with Gasteiger partial charge in [0.2, 0.25) is 5.41 Å². The van der Waals surface area contributed by atoms with E-state index >= 15 is 0 Å². The summed E-state index contributed by atoms with van der Waals surface area (Å²) in [5, 5.41) is 9.00. The molecule has 19 heavy (non-hydrogen) atoms. The van der Waals surface area contributed by atoms with Gasteiger partial charge in [-0.25, -0.2) is 4.39 Å². The lowest BCUT2D eigenvalue weighted by Crippen LogP contribution is -2.52. The SMILES string of the molecule is COC[C@](C(=O)O)(c1ccc(F)c(Br)c1)C(F)(F)F. The van der Waals surface area contributed by atoms with Crippen molar-refractivity contribution in [3.8, 4) is 0 Å². The standard InChI is InChI=1S/C11H9BrF4O3/c1-19-5-10(9(17)18,11(14,15)16)6-2-3-8(13)7(12)4-6/h2-4H,5H2,1H3,(H,17,18)/t10-/m1/s1. The Hall–Kier alpha value is -1.15. The Bertz CT molecular complexity index is 489. The maximum atomic E-state index is 13.2. The second kappa shape index (κ2) is 5.46. The molecule has 1 atom stereocenters. The van der Waals surface area contributed by atoms with Crippen molar-refractivity contribution in [2.45, 2.75) is 11.6 Å².